The number of rotatable bonds is 4. The summed E-state index contributed by atoms with van der Waals surface area (Å²) in [6.45, 7) is 1.78. The van der Waals surface area contributed by atoms with Gasteiger partial charge >= 0.3 is 0 Å². The monoisotopic (exact) mass is 290 g/mol. The normalized spacial score (nSPS) is 10.8. The van der Waals surface area contributed by atoms with Crippen molar-refractivity contribution in [2.45, 2.75) is 13.1 Å². The molecule has 88 valence electrons. The first kappa shape index (κ1) is 12.3. The van der Waals surface area contributed by atoms with Crippen molar-refractivity contribution in [1.29, 1.82) is 0 Å². The quantitative estimate of drug-likeness (QED) is 0.857. The van der Waals surface area contributed by atoms with Gasteiger partial charge in [-0.05, 0) is 40.7 Å². The maximum Gasteiger partial charge on any atom is 0.0685 e. The minimum atomic E-state index is 0.844. The largest absolute Gasteiger partial charge is 0.296 e. The second-order valence-electron chi connectivity index (χ2n) is 4.09. The van der Waals surface area contributed by atoms with Crippen molar-refractivity contribution in [2.75, 3.05) is 7.05 Å². The molecule has 2 rings (SSSR count). The summed E-state index contributed by atoms with van der Waals surface area (Å²) in [6.07, 6.45) is 1.83. The van der Waals surface area contributed by atoms with Gasteiger partial charge in [0.05, 0.1) is 5.69 Å². The van der Waals surface area contributed by atoms with Crippen LogP contribution in [0.2, 0.25) is 0 Å². The smallest absolute Gasteiger partial charge is 0.0685 e. The molecule has 1 aromatic carbocycles. The van der Waals surface area contributed by atoms with Crippen molar-refractivity contribution in [2.24, 2.45) is 0 Å². The summed E-state index contributed by atoms with van der Waals surface area (Å²) in [5, 5.41) is 0. The minimum Gasteiger partial charge on any atom is -0.296 e. The molecule has 2 nitrogen and oxygen atoms in total. The van der Waals surface area contributed by atoms with Gasteiger partial charge in [-0.15, -0.1) is 0 Å². The second-order valence-corrected chi connectivity index (χ2v) is 4.94. The average Bonchev–Trinajstić information content (AvgIpc) is 2.33. The molecule has 0 aliphatic rings. The first-order valence-electron chi connectivity index (χ1n) is 5.57. The number of aromatic nitrogens is 1. The third-order valence-electron chi connectivity index (χ3n) is 2.55. The van der Waals surface area contributed by atoms with E-state index in [-0.39, 0.29) is 0 Å². The van der Waals surface area contributed by atoms with Crippen LogP contribution in [0.5, 0.6) is 0 Å². The van der Waals surface area contributed by atoms with Crippen LogP contribution in [0.3, 0.4) is 0 Å². The van der Waals surface area contributed by atoms with Crippen molar-refractivity contribution in [1.82, 2.24) is 9.88 Å². The van der Waals surface area contributed by atoms with E-state index in [2.05, 4.69) is 57.1 Å². The molecule has 0 aliphatic heterocycles. The SMILES string of the molecule is CN(Cc1ccccc1)Cc1ncccc1Br. The van der Waals surface area contributed by atoms with Gasteiger partial charge in [0.1, 0.15) is 0 Å². The molecule has 0 N–H and O–H groups in total. The molecule has 1 heterocycles. The van der Waals surface area contributed by atoms with E-state index in [9.17, 15) is 0 Å². The summed E-state index contributed by atoms with van der Waals surface area (Å²) in [5.74, 6) is 0. The van der Waals surface area contributed by atoms with E-state index in [1.807, 2.05) is 24.4 Å². The fourth-order valence-corrected chi connectivity index (χ4v) is 2.12. The first-order valence-corrected chi connectivity index (χ1v) is 6.37. The zero-order valence-corrected chi connectivity index (χ0v) is 11.4. The molecular formula is C14H15BrN2. The van der Waals surface area contributed by atoms with E-state index in [1.54, 1.807) is 0 Å². The molecule has 0 spiro atoms. The van der Waals surface area contributed by atoms with Crippen molar-refractivity contribution in [3.63, 3.8) is 0 Å². The Hall–Kier alpha value is -1.19. The zero-order chi connectivity index (χ0) is 12.1. The molecule has 0 unspecified atom stereocenters. The Balaban J connectivity index is 1.98. The van der Waals surface area contributed by atoms with Gasteiger partial charge in [0, 0.05) is 23.8 Å². The molecule has 0 bridgehead atoms. The fourth-order valence-electron chi connectivity index (χ4n) is 1.74. The summed E-state index contributed by atoms with van der Waals surface area (Å²) in [6, 6.07) is 14.4. The standard InChI is InChI=1S/C14H15BrN2/c1-17(10-12-6-3-2-4-7-12)11-14-13(15)8-5-9-16-14/h2-9H,10-11H2,1H3. The fraction of sp³-hybridized carbons (Fsp3) is 0.214. The highest BCUT2D eigenvalue weighted by atomic mass is 79.9. The lowest BCUT2D eigenvalue weighted by atomic mass is 10.2. The lowest BCUT2D eigenvalue weighted by Crippen LogP contribution is -2.18. The van der Waals surface area contributed by atoms with Crippen molar-refractivity contribution in [3.05, 3.63) is 64.4 Å². The number of hydrogen-bond donors (Lipinski definition) is 0. The predicted molar refractivity (Wildman–Crippen MR) is 73.6 cm³/mol. The van der Waals surface area contributed by atoms with Crippen LogP contribution in [0, 0.1) is 0 Å². The summed E-state index contributed by atoms with van der Waals surface area (Å²) >= 11 is 3.52. The Bertz CT molecular complexity index is 471. The van der Waals surface area contributed by atoms with Crippen LogP contribution in [-0.4, -0.2) is 16.9 Å². The van der Waals surface area contributed by atoms with E-state index in [0.717, 1.165) is 23.3 Å². The Morgan fingerprint density at radius 1 is 1.06 bits per heavy atom. The van der Waals surface area contributed by atoms with Crippen molar-refractivity contribution < 1.29 is 0 Å². The maximum atomic E-state index is 4.37. The molecule has 0 amide bonds. The van der Waals surface area contributed by atoms with Gasteiger partial charge in [-0.25, -0.2) is 0 Å². The topological polar surface area (TPSA) is 16.1 Å². The summed E-state index contributed by atoms with van der Waals surface area (Å²) in [7, 11) is 2.11. The summed E-state index contributed by atoms with van der Waals surface area (Å²) in [4.78, 5) is 6.62. The first-order chi connectivity index (χ1) is 8.25. The Kier molecular flexibility index (Phi) is 4.29. The maximum absolute atomic E-state index is 4.37. The van der Waals surface area contributed by atoms with Crippen LogP contribution < -0.4 is 0 Å². The van der Waals surface area contributed by atoms with E-state index in [4.69, 9.17) is 0 Å². The van der Waals surface area contributed by atoms with Crippen LogP contribution in [0.4, 0.5) is 0 Å². The van der Waals surface area contributed by atoms with E-state index in [1.165, 1.54) is 5.56 Å². The van der Waals surface area contributed by atoms with E-state index >= 15 is 0 Å². The van der Waals surface area contributed by atoms with Crippen LogP contribution in [0.25, 0.3) is 0 Å². The number of halogens is 1. The zero-order valence-electron chi connectivity index (χ0n) is 9.81. The van der Waals surface area contributed by atoms with Crippen LogP contribution >= 0.6 is 15.9 Å². The molecule has 2 aromatic rings. The van der Waals surface area contributed by atoms with Gasteiger partial charge in [-0.3, -0.25) is 9.88 Å². The molecule has 0 saturated carbocycles. The van der Waals surface area contributed by atoms with Crippen LogP contribution in [0.1, 0.15) is 11.3 Å². The Morgan fingerprint density at radius 2 is 1.82 bits per heavy atom. The van der Waals surface area contributed by atoms with Crippen molar-refractivity contribution in [3.8, 4) is 0 Å². The molecule has 0 saturated heterocycles. The second kappa shape index (κ2) is 5.94. The van der Waals surface area contributed by atoms with Gasteiger partial charge in [-0.2, -0.15) is 0 Å². The average molecular weight is 291 g/mol. The lowest BCUT2D eigenvalue weighted by Gasteiger charge is -2.16. The van der Waals surface area contributed by atoms with Gasteiger partial charge < -0.3 is 0 Å². The van der Waals surface area contributed by atoms with Gasteiger partial charge in [0.15, 0.2) is 0 Å². The third kappa shape index (κ3) is 3.65. The van der Waals surface area contributed by atoms with E-state index in [0.29, 0.717) is 0 Å². The number of benzene rings is 1. The molecule has 0 fully saturated rings. The van der Waals surface area contributed by atoms with Gasteiger partial charge in [0.2, 0.25) is 0 Å². The number of hydrogen-bond acceptors (Lipinski definition) is 2. The van der Waals surface area contributed by atoms with Crippen LogP contribution in [-0.2, 0) is 13.1 Å². The molecule has 0 radical (unpaired) electrons. The summed E-state index contributed by atoms with van der Waals surface area (Å²) in [5.41, 5.74) is 2.40. The van der Waals surface area contributed by atoms with Gasteiger partial charge in [0.25, 0.3) is 0 Å². The predicted octanol–water partition coefficient (Wildman–Crippen LogP) is 3.48. The molecular weight excluding hydrogens is 276 g/mol. The molecule has 3 heteroatoms. The number of pyridine rings is 1. The lowest BCUT2D eigenvalue weighted by molar-refractivity contribution is 0.314. The van der Waals surface area contributed by atoms with Gasteiger partial charge in [-0.1, -0.05) is 30.3 Å². The highest BCUT2D eigenvalue weighted by molar-refractivity contribution is 9.10. The minimum absolute atomic E-state index is 0.844. The number of nitrogens with zero attached hydrogens (tertiary/aromatic N) is 2. The summed E-state index contributed by atoms with van der Waals surface area (Å²) < 4.78 is 1.07. The van der Waals surface area contributed by atoms with E-state index < -0.39 is 0 Å². The molecule has 0 aliphatic carbocycles. The molecule has 0 atom stereocenters. The Morgan fingerprint density at radius 3 is 2.53 bits per heavy atom. The molecule has 17 heavy (non-hydrogen) atoms. The highest BCUT2D eigenvalue weighted by Gasteiger charge is 2.05. The Labute approximate surface area is 110 Å². The highest BCUT2D eigenvalue weighted by Crippen LogP contribution is 2.15. The van der Waals surface area contributed by atoms with Crippen LogP contribution in [0.15, 0.2) is 53.1 Å². The third-order valence-corrected chi connectivity index (χ3v) is 3.27. The van der Waals surface area contributed by atoms with Crippen molar-refractivity contribution >= 4 is 15.9 Å². The molecule has 1 aromatic heterocycles.